The maximum Gasteiger partial charge on any atom is 0.224 e. The molecule has 0 radical (unpaired) electrons. The predicted octanol–water partition coefficient (Wildman–Crippen LogP) is 5.90. The summed E-state index contributed by atoms with van der Waals surface area (Å²) in [6.45, 7) is 0.677. The number of nitrogens with one attached hydrogen (secondary N) is 1. The quantitative estimate of drug-likeness (QED) is 0.368. The molecule has 0 saturated heterocycles. The summed E-state index contributed by atoms with van der Waals surface area (Å²) in [5.74, 6) is 0.0294. The Kier molecular flexibility index (Phi) is 7.08. The van der Waals surface area contributed by atoms with Gasteiger partial charge in [-0.05, 0) is 46.5 Å². The number of anilines is 1. The van der Waals surface area contributed by atoms with Crippen LogP contribution in [0.1, 0.15) is 11.1 Å². The second-order valence-electron chi connectivity index (χ2n) is 8.13. The van der Waals surface area contributed by atoms with Crippen LogP contribution < -0.4 is 10.2 Å². The molecule has 0 saturated carbocycles. The molecule has 4 aromatic rings. The Hall–Kier alpha value is -3.30. The van der Waals surface area contributed by atoms with Crippen LogP contribution in [0.4, 0.5) is 5.69 Å². The van der Waals surface area contributed by atoms with Gasteiger partial charge in [0.15, 0.2) is 0 Å². The number of rotatable bonds is 8. The molecule has 1 N–H and O–H groups in total. The third-order valence-electron chi connectivity index (χ3n) is 5.66. The first-order valence-corrected chi connectivity index (χ1v) is 11.2. The summed E-state index contributed by atoms with van der Waals surface area (Å²) in [6.07, 6.45) is 1.11. The molecular formula is C28H27ClN2O. The molecule has 1 atom stereocenters. The third-order valence-corrected chi connectivity index (χ3v) is 5.90. The van der Waals surface area contributed by atoms with Crippen LogP contribution in [0.3, 0.4) is 0 Å². The average molecular weight is 443 g/mol. The van der Waals surface area contributed by atoms with E-state index < -0.39 is 0 Å². The fourth-order valence-corrected chi connectivity index (χ4v) is 4.29. The molecule has 4 aromatic carbocycles. The van der Waals surface area contributed by atoms with Gasteiger partial charge in [0, 0.05) is 24.3 Å². The summed E-state index contributed by atoms with van der Waals surface area (Å²) in [6, 6.07) is 32.3. The molecule has 4 heteroatoms. The summed E-state index contributed by atoms with van der Waals surface area (Å²) in [4.78, 5) is 15.2. The van der Waals surface area contributed by atoms with Crippen molar-refractivity contribution in [2.45, 2.75) is 18.9 Å². The van der Waals surface area contributed by atoms with Crippen molar-refractivity contribution in [3.63, 3.8) is 0 Å². The van der Waals surface area contributed by atoms with Crippen molar-refractivity contribution >= 4 is 34.0 Å². The first-order valence-electron chi connectivity index (χ1n) is 10.8. The first-order chi connectivity index (χ1) is 15.6. The number of carbonyl (C=O) groups is 1. The summed E-state index contributed by atoms with van der Waals surface area (Å²) in [5, 5.41) is 6.26. The lowest BCUT2D eigenvalue weighted by Gasteiger charge is -2.27. The number of hydrogen-bond donors (Lipinski definition) is 1. The SMILES string of the molecule is CN(C[C@H](Cc1ccccc1)NC(=O)Cc1cccc2ccccc12)c1cccc(Cl)c1. The van der Waals surface area contributed by atoms with Crippen LogP contribution in [-0.2, 0) is 17.6 Å². The lowest BCUT2D eigenvalue weighted by molar-refractivity contribution is -0.121. The van der Waals surface area contributed by atoms with Gasteiger partial charge in [0.05, 0.1) is 12.5 Å². The van der Waals surface area contributed by atoms with Gasteiger partial charge in [0.25, 0.3) is 0 Å². The maximum atomic E-state index is 13.1. The van der Waals surface area contributed by atoms with Gasteiger partial charge in [0.2, 0.25) is 5.91 Å². The molecule has 0 bridgehead atoms. The number of amides is 1. The standard InChI is InChI=1S/C28H27ClN2O/c1-31(26-15-8-14-24(29)19-26)20-25(17-21-9-3-2-4-10-21)30-28(32)18-23-13-7-12-22-11-5-6-16-27(22)23/h2-16,19,25H,17-18,20H2,1H3,(H,30,32)/t25-/m0/s1. The van der Waals surface area contributed by atoms with E-state index in [0.29, 0.717) is 18.0 Å². The van der Waals surface area contributed by atoms with Crippen LogP contribution in [0.25, 0.3) is 10.8 Å². The Labute approximate surface area is 194 Å². The van der Waals surface area contributed by atoms with Gasteiger partial charge < -0.3 is 10.2 Å². The van der Waals surface area contributed by atoms with Gasteiger partial charge in [-0.2, -0.15) is 0 Å². The van der Waals surface area contributed by atoms with Crippen molar-refractivity contribution in [1.82, 2.24) is 5.32 Å². The fraction of sp³-hybridized carbons (Fsp3) is 0.179. The number of likely N-dealkylation sites (N-methyl/N-ethyl adjacent to an activating group) is 1. The predicted molar refractivity (Wildman–Crippen MR) is 134 cm³/mol. The van der Waals surface area contributed by atoms with Crippen LogP contribution >= 0.6 is 11.6 Å². The summed E-state index contributed by atoms with van der Waals surface area (Å²) in [7, 11) is 2.03. The molecule has 32 heavy (non-hydrogen) atoms. The number of benzene rings is 4. The van der Waals surface area contributed by atoms with Crippen LogP contribution in [0.2, 0.25) is 5.02 Å². The molecule has 4 rings (SSSR count). The summed E-state index contributed by atoms with van der Waals surface area (Å²) < 4.78 is 0. The van der Waals surface area contributed by atoms with Gasteiger partial charge in [-0.25, -0.2) is 0 Å². The summed E-state index contributed by atoms with van der Waals surface area (Å²) >= 11 is 6.18. The van der Waals surface area contributed by atoms with Crippen molar-refractivity contribution < 1.29 is 4.79 Å². The minimum Gasteiger partial charge on any atom is -0.372 e. The Morgan fingerprint density at radius 1 is 0.906 bits per heavy atom. The van der Waals surface area contributed by atoms with E-state index in [4.69, 9.17) is 11.6 Å². The highest BCUT2D eigenvalue weighted by atomic mass is 35.5. The number of nitrogens with zero attached hydrogens (tertiary/aromatic N) is 1. The normalized spacial score (nSPS) is 11.8. The third kappa shape index (κ3) is 5.68. The van der Waals surface area contributed by atoms with E-state index in [1.165, 1.54) is 5.56 Å². The van der Waals surface area contributed by atoms with Crippen LogP contribution in [0, 0.1) is 0 Å². The van der Waals surface area contributed by atoms with E-state index in [1.54, 1.807) is 0 Å². The molecule has 3 nitrogen and oxygen atoms in total. The second kappa shape index (κ2) is 10.3. The number of hydrogen-bond acceptors (Lipinski definition) is 2. The van der Waals surface area contributed by atoms with Crippen LogP contribution in [0.5, 0.6) is 0 Å². The van der Waals surface area contributed by atoms with E-state index >= 15 is 0 Å². The smallest absolute Gasteiger partial charge is 0.224 e. The van der Waals surface area contributed by atoms with Crippen LogP contribution in [0.15, 0.2) is 97.1 Å². The average Bonchev–Trinajstić information content (AvgIpc) is 2.80. The minimum absolute atomic E-state index is 0.0294. The van der Waals surface area contributed by atoms with Gasteiger partial charge in [0.1, 0.15) is 0 Å². The lowest BCUT2D eigenvalue weighted by atomic mass is 10.0. The Bertz CT molecular complexity index is 1190. The van der Waals surface area contributed by atoms with E-state index in [1.807, 2.05) is 73.8 Å². The molecule has 0 aliphatic rings. The maximum absolute atomic E-state index is 13.1. The largest absolute Gasteiger partial charge is 0.372 e. The van der Waals surface area contributed by atoms with E-state index in [9.17, 15) is 4.79 Å². The Balaban J connectivity index is 1.50. The monoisotopic (exact) mass is 442 g/mol. The van der Waals surface area contributed by atoms with Crippen molar-refractivity contribution in [2.24, 2.45) is 0 Å². The van der Waals surface area contributed by atoms with Gasteiger partial charge in [-0.3, -0.25) is 4.79 Å². The highest BCUT2D eigenvalue weighted by Gasteiger charge is 2.17. The van der Waals surface area contributed by atoms with Crippen molar-refractivity contribution in [1.29, 1.82) is 0 Å². The Morgan fingerprint density at radius 3 is 2.44 bits per heavy atom. The van der Waals surface area contributed by atoms with E-state index in [2.05, 4.69) is 40.5 Å². The van der Waals surface area contributed by atoms with Crippen LogP contribution in [-0.4, -0.2) is 25.5 Å². The number of fused-ring (bicyclic) bond motifs is 1. The fourth-order valence-electron chi connectivity index (χ4n) is 4.11. The van der Waals surface area contributed by atoms with Crippen molar-refractivity contribution in [2.75, 3.05) is 18.5 Å². The topological polar surface area (TPSA) is 32.3 Å². The van der Waals surface area contributed by atoms with E-state index in [0.717, 1.165) is 28.4 Å². The van der Waals surface area contributed by atoms with Gasteiger partial charge >= 0.3 is 0 Å². The zero-order valence-electron chi connectivity index (χ0n) is 18.2. The molecule has 0 fully saturated rings. The molecule has 0 aromatic heterocycles. The van der Waals surface area contributed by atoms with E-state index in [-0.39, 0.29) is 11.9 Å². The molecule has 1 amide bonds. The number of halogens is 1. The minimum atomic E-state index is -0.0381. The van der Waals surface area contributed by atoms with Gasteiger partial charge in [-0.1, -0.05) is 90.5 Å². The molecule has 0 heterocycles. The first kappa shape index (κ1) is 21.9. The molecule has 0 spiro atoms. The molecule has 162 valence electrons. The zero-order chi connectivity index (χ0) is 22.3. The Morgan fingerprint density at radius 2 is 1.62 bits per heavy atom. The highest BCUT2D eigenvalue weighted by molar-refractivity contribution is 6.30. The molecular weight excluding hydrogens is 416 g/mol. The van der Waals surface area contributed by atoms with Crippen molar-refractivity contribution in [3.05, 3.63) is 113 Å². The summed E-state index contributed by atoms with van der Waals surface area (Å²) in [5.41, 5.74) is 3.27. The lowest BCUT2D eigenvalue weighted by Crippen LogP contribution is -2.44. The van der Waals surface area contributed by atoms with Gasteiger partial charge in [-0.15, -0.1) is 0 Å². The second-order valence-corrected chi connectivity index (χ2v) is 8.57. The molecule has 0 aliphatic carbocycles. The molecule has 0 unspecified atom stereocenters. The number of carbonyl (C=O) groups excluding carboxylic acids is 1. The van der Waals surface area contributed by atoms with Crippen molar-refractivity contribution in [3.8, 4) is 0 Å². The highest BCUT2D eigenvalue weighted by Crippen LogP contribution is 2.20. The molecule has 0 aliphatic heterocycles. The zero-order valence-corrected chi connectivity index (χ0v) is 18.9.